The topological polar surface area (TPSA) is 66.5 Å². The van der Waals surface area contributed by atoms with Crippen molar-refractivity contribution >= 4 is 15.9 Å². The fourth-order valence-electron chi connectivity index (χ4n) is 3.60. The number of amides is 1. The summed E-state index contributed by atoms with van der Waals surface area (Å²) in [5, 5.41) is 0. The first-order valence-corrected chi connectivity index (χ1v) is 10.4. The van der Waals surface area contributed by atoms with E-state index in [1.807, 2.05) is 11.8 Å². The fourth-order valence-corrected chi connectivity index (χ4v) is 4.93. The molecule has 1 aromatic rings. The summed E-state index contributed by atoms with van der Waals surface area (Å²) in [6, 6.07) is 4.89. The van der Waals surface area contributed by atoms with E-state index in [1.165, 1.54) is 6.42 Å². The number of carbonyl (C=O) groups excluding carboxylic acids is 1. The van der Waals surface area contributed by atoms with Gasteiger partial charge in [0.25, 0.3) is 5.91 Å². The first kappa shape index (κ1) is 17.4. The van der Waals surface area contributed by atoms with Crippen LogP contribution in [0, 0.1) is 6.92 Å². The molecule has 0 spiro atoms. The van der Waals surface area contributed by atoms with Gasteiger partial charge in [0.1, 0.15) is 0 Å². The molecule has 0 aromatic heterocycles. The molecule has 0 unspecified atom stereocenters. The highest BCUT2D eigenvalue weighted by atomic mass is 32.2. The normalized spacial score (nSPS) is 19.6. The van der Waals surface area contributed by atoms with E-state index in [-0.39, 0.29) is 16.8 Å². The van der Waals surface area contributed by atoms with Gasteiger partial charge in [-0.05, 0) is 50.3 Å². The van der Waals surface area contributed by atoms with E-state index in [0.717, 1.165) is 57.2 Å². The molecule has 24 heavy (non-hydrogen) atoms. The number of rotatable bonds is 4. The molecule has 1 amide bonds. The van der Waals surface area contributed by atoms with E-state index in [2.05, 4.69) is 4.72 Å². The zero-order chi connectivity index (χ0) is 17.2. The van der Waals surface area contributed by atoms with Crippen molar-refractivity contribution in [3.63, 3.8) is 0 Å². The molecule has 1 aliphatic heterocycles. The van der Waals surface area contributed by atoms with Crippen LogP contribution in [0.3, 0.4) is 0 Å². The van der Waals surface area contributed by atoms with Crippen molar-refractivity contribution in [3.05, 3.63) is 29.3 Å². The largest absolute Gasteiger partial charge is 0.339 e. The first-order valence-electron chi connectivity index (χ1n) is 8.89. The molecule has 1 N–H and O–H groups in total. The van der Waals surface area contributed by atoms with Crippen molar-refractivity contribution in [3.8, 4) is 0 Å². The minimum atomic E-state index is -3.58. The number of hydrogen-bond acceptors (Lipinski definition) is 3. The molecule has 0 atom stereocenters. The lowest BCUT2D eigenvalue weighted by molar-refractivity contribution is 0.0792. The standard InChI is InChI=1S/C18H26N2O3S/c1-14-9-10-16(13-17(14)18(21)20-11-5-6-12-20)24(22,23)19-15-7-3-2-4-8-15/h9-10,13,15,19H,2-8,11-12H2,1H3. The van der Waals surface area contributed by atoms with E-state index >= 15 is 0 Å². The summed E-state index contributed by atoms with van der Waals surface area (Å²) < 4.78 is 28.2. The van der Waals surface area contributed by atoms with Crippen LogP contribution in [-0.4, -0.2) is 38.4 Å². The van der Waals surface area contributed by atoms with Crippen molar-refractivity contribution in [2.75, 3.05) is 13.1 Å². The predicted octanol–water partition coefficient (Wildman–Crippen LogP) is 2.84. The third kappa shape index (κ3) is 3.81. The molecule has 0 bridgehead atoms. The van der Waals surface area contributed by atoms with Crippen LogP contribution in [0.2, 0.25) is 0 Å². The van der Waals surface area contributed by atoms with Crippen molar-refractivity contribution in [2.24, 2.45) is 0 Å². The number of nitrogens with one attached hydrogen (secondary N) is 1. The number of aryl methyl sites for hydroxylation is 1. The Kier molecular flexibility index (Phi) is 5.25. The molecule has 6 heteroatoms. The Morgan fingerprint density at radius 1 is 1.08 bits per heavy atom. The molecule has 1 saturated carbocycles. The van der Waals surface area contributed by atoms with Crippen LogP contribution in [0.25, 0.3) is 0 Å². The maximum atomic E-state index is 12.7. The molecule has 5 nitrogen and oxygen atoms in total. The Morgan fingerprint density at radius 2 is 1.75 bits per heavy atom. The number of benzene rings is 1. The Balaban J connectivity index is 1.82. The number of nitrogens with zero attached hydrogens (tertiary/aromatic N) is 1. The van der Waals surface area contributed by atoms with Gasteiger partial charge in [-0.15, -0.1) is 0 Å². The van der Waals surface area contributed by atoms with Gasteiger partial charge in [-0.1, -0.05) is 25.3 Å². The molecular formula is C18H26N2O3S. The van der Waals surface area contributed by atoms with Crippen LogP contribution < -0.4 is 4.72 Å². The van der Waals surface area contributed by atoms with E-state index in [1.54, 1.807) is 18.2 Å². The Morgan fingerprint density at radius 3 is 2.42 bits per heavy atom. The lowest BCUT2D eigenvalue weighted by Crippen LogP contribution is -2.36. The van der Waals surface area contributed by atoms with Crippen LogP contribution in [0.15, 0.2) is 23.1 Å². The summed E-state index contributed by atoms with van der Waals surface area (Å²) >= 11 is 0. The lowest BCUT2D eigenvalue weighted by Gasteiger charge is -2.23. The predicted molar refractivity (Wildman–Crippen MR) is 93.5 cm³/mol. The quantitative estimate of drug-likeness (QED) is 0.908. The second-order valence-electron chi connectivity index (χ2n) is 6.93. The molecule has 132 valence electrons. The monoisotopic (exact) mass is 350 g/mol. The second-order valence-corrected chi connectivity index (χ2v) is 8.65. The van der Waals surface area contributed by atoms with Gasteiger partial charge in [-0.3, -0.25) is 4.79 Å². The van der Waals surface area contributed by atoms with E-state index in [0.29, 0.717) is 5.56 Å². The molecule has 1 heterocycles. The number of likely N-dealkylation sites (tertiary alicyclic amines) is 1. The smallest absolute Gasteiger partial charge is 0.254 e. The van der Waals surface area contributed by atoms with Crippen LogP contribution in [-0.2, 0) is 10.0 Å². The summed E-state index contributed by atoms with van der Waals surface area (Å²) in [5.41, 5.74) is 1.33. The Bertz CT molecular complexity index is 703. The van der Waals surface area contributed by atoms with Gasteiger partial charge in [-0.2, -0.15) is 0 Å². The van der Waals surface area contributed by atoms with Crippen LogP contribution in [0.1, 0.15) is 60.9 Å². The van der Waals surface area contributed by atoms with Crippen molar-refractivity contribution in [1.82, 2.24) is 9.62 Å². The molecular weight excluding hydrogens is 324 g/mol. The van der Waals surface area contributed by atoms with E-state index in [4.69, 9.17) is 0 Å². The number of sulfonamides is 1. The highest BCUT2D eigenvalue weighted by molar-refractivity contribution is 7.89. The van der Waals surface area contributed by atoms with Gasteiger partial charge in [0.2, 0.25) is 10.0 Å². The summed E-state index contributed by atoms with van der Waals surface area (Å²) in [7, 11) is -3.58. The second kappa shape index (κ2) is 7.23. The molecule has 3 rings (SSSR count). The summed E-state index contributed by atoms with van der Waals surface area (Å²) in [6.07, 6.45) is 7.14. The highest BCUT2D eigenvalue weighted by Gasteiger charge is 2.25. The molecule has 1 saturated heterocycles. The van der Waals surface area contributed by atoms with E-state index < -0.39 is 10.0 Å². The maximum Gasteiger partial charge on any atom is 0.254 e. The number of carbonyl (C=O) groups is 1. The van der Waals surface area contributed by atoms with Crippen LogP contribution in [0.4, 0.5) is 0 Å². The van der Waals surface area contributed by atoms with Gasteiger partial charge < -0.3 is 4.90 Å². The van der Waals surface area contributed by atoms with Crippen molar-refractivity contribution < 1.29 is 13.2 Å². The Labute approximate surface area is 144 Å². The van der Waals surface area contributed by atoms with Gasteiger partial charge in [0.15, 0.2) is 0 Å². The minimum absolute atomic E-state index is 0.0165. The fraction of sp³-hybridized carbons (Fsp3) is 0.611. The molecule has 1 aromatic carbocycles. The lowest BCUT2D eigenvalue weighted by atomic mass is 9.96. The summed E-state index contributed by atoms with van der Waals surface area (Å²) in [4.78, 5) is 14.7. The SMILES string of the molecule is Cc1ccc(S(=O)(=O)NC2CCCCC2)cc1C(=O)N1CCCC1. The first-order chi connectivity index (χ1) is 11.5. The minimum Gasteiger partial charge on any atom is -0.339 e. The number of hydrogen-bond donors (Lipinski definition) is 1. The summed E-state index contributed by atoms with van der Waals surface area (Å²) in [6.45, 7) is 3.37. The van der Waals surface area contributed by atoms with E-state index in [9.17, 15) is 13.2 Å². The van der Waals surface area contributed by atoms with Crippen LogP contribution >= 0.6 is 0 Å². The van der Waals surface area contributed by atoms with Crippen molar-refractivity contribution in [2.45, 2.75) is 62.8 Å². The molecule has 1 aliphatic carbocycles. The van der Waals surface area contributed by atoms with Gasteiger partial charge in [-0.25, -0.2) is 13.1 Å². The molecule has 2 fully saturated rings. The highest BCUT2D eigenvalue weighted by Crippen LogP contribution is 2.22. The van der Waals surface area contributed by atoms with Gasteiger partial charge >= 0.3 is 0 Å². The van der Waals surface area contributed by atoms with Gasteiger partial charge in [0, 0.05) is 24.7 Å². The third-order valence-corrected chi connectivity index (χ3v) is 6.59. The van der Waals surface area contributed by atoms with Crippen LogP contribution in [0.5, 0.6) is 0 Å². The Hall–Kier alpha value is -1.40. The zero-order valence-corrected chi connectivity index (χ0v) is 15.1. The molecule has 2 aliphatic rings. The molecule has 0 radical (unpaired) electrons. The van der Waals surface area contributed by atoms with Crippen molar-refractivity contribution in [1.29, 1.82) is 0 Å². The maximum absolute atomic E-state index is 12.7. The zero-order valence-electron chi connectivity index (χ0n) is 14.3. The average Bonchev–Trinajstić information content (AvgIpc) is 3.09. The summed E-state index contributed by atoms with van der Waals surface area (Å²) in [5.74, 6) is -0.0558. The third-order valence-electron chi connectivity index (χ3n) is 5.07. The van der Waals surface area contributed by atoms with Gasteiger partial charge in [0.05, 0.1) is 4.90 Å². The average molecular weight is 350 g/mol.